The Kier molecular flexibility index (Phi) is 6.51. The van der Waals surface area contributed by atoms with E-state index in [-0.39, 0.29) is 0 Å². The first-order valence-corrected chi connectivity index (χ1v) is 10.3. The third kappa shape index (κ3) is 4.76. The molecule has 136 valence electrons. The van der Waals surface area contributed by atoms with Gasteiger partial charge in [0, 0.05) is 0 Å². The summed E-state index contributed by atoms with van der Waals surface area (Å²) in [7, 11) is 0. The molecular formula is C25H31N. The number of rotatable bonds is 6. The number of hydrogen-bond donors (Lipinski definition) is 0. The van der Waals surface area contributed by atoms with Gasteiger partial charge in [0.1, 0.15) is 0 Å². The van der Waals surface area contributed by atoms with Crippen LogP contribution < -0.4 is 0 Å². The quantitative estimate of drug-likeness (QED) is 0.538. The molecule has 0 saturated heterocycles. The summed E-state index contributed by atoms with van der Waals surface area (Å²) in [5.74, 6) is 2.58. The second-order valence-electron chi connectivity index (χ2n) is 8.16. The van der Waals surface area contributed by atoms with E-state index in [2.05, 4.69) is 44.2 Å². The zero-order valence-electron chi connectivity index (χ0n) is 16.2. The van der Waals surface area contributed by atoms with Crippen molar-refractivity contribution in [2.24, 2.45) is 11.8 Å². The lowest BCUT2D eigenvalue weighted by atomic mass is 9.75. The van der Waals surface area contributed by atoms with Crippen LogP contribution in [0.1, 0.15) is 75.8 Å². The molecule has 0 radical (unpaired) electrons. The molecule has 0 aliphatic heterocycles. The van der Waals surface area contributed by atoms with E-state index in [9.17, 15) is 0 Å². The molecule has 2 aromatic rings. The van der Waals surface area contributed by atoms with E-state index in [0.29, 0.717) is 0 Å². The topological polar surface area (TPSA) is 23.8 Å². The maximum Gasteiger partial charge on any atom is 0.0991 e. The second kappa shape index (κ2) is 9.04. The molecule has 0 bridgehead atoms. The highest BCUT2D eigenvalue weighted by molar-refractivity contribution is 5.64. The first kappa shape index (κ1) is 18.7. The van der Waals surface area contributed by atoms with Gasteiger partial charge in [-0.25, -0.2) is 0 Å². The van der Waals surface area contributed by atoms with Crippen LogP contribution in [0.5, 0.6) is 0 Å². The first-order valence-electron chi connectivity index (χ1n) is 10.3. The molecule has 2 aromatic carbocycles. The van der Waals surface area contributed by atoms with Gasteiger partial charge in [-0.15, -0.1) is 0 Å². The molecule has 1 atom stereocenters. The maximum atomic E-state index is 8.92. The fourth-order valence-corrected chi connectivity index (χ4v) is 4.60. The standard InChI is InChI=1S/C25H31N/c1-3-4-19(2)17-20-5-9-22(10-6-20)24-13-15-25(16-14-24)23-11-7-21(18-26)8-12-23/h7-8,11-16,19-20,22H,3-6,9-10,17H2,1-2H3/t19?,20-,22-. The Labute approximate surface area is 159 Å². The van der Waals surface area contributed by atoms with Crippen LogP contribution in [0.4, 0.5) is 0 Å². The monoisotopic (exact) mass is 345 g/mol. The van der Waals surface area contributed by atoms with E-state index in [4.69, 9.17) is 5.26 Å². The van der Waals surface area contributed by atoms with Crippen molar-refractivity contribution in [2.75, 3.05) is 0 Å². The van der Waals surface area contributed by atoms with Gasteiger partial charge in [-0.3, -0.25) is 0 Å². The van der Waals surface area contributed by atoms with Crippen molar-refractivity contribution in [1.82, 2.24) is 0 Å². The van der Waals surface area contributed by atoms with Gasteiger partial charge in [0.05, 0.1) is 11.6 Å². The Hall–Kier alpha value is -2.07. The van der Waals surface area contributed by atoms with Gasteiger partial charge in [0.25, 0.3) is 0 Å². The predicted molar refractivity (Wildman–Crippen MR) is 110 cm³/mol. The highest BCUT2D eigenvalue weighted by Crippen LogP contribution is 2.39. The van der Waals surface area contributed by atoms with E-state index in [1.54, 1.807) is 0 Å². The smallest absolute Gasteiger partial charge is 0.0991 e. The molecular weight excluding hydrogens is 314 g/mol. The lowest BCUT2D eigenvalue weighted by Gasteiger charge is -2.30. The van der Waals surface area contributed by atoms with Crippen LogP contribution in [-0.4, -0.2) is 0 Å². The van der Waals surface area contributed by atoms with Gasteiger partial charge < -0.3 is 0 Å². The fourth-order valence-electron chi connectivity index (χ4n) is 4.60. The molecule has 1 unspecified atom stereocenters. The molecule has 26 heavy (non-hydrogen) atoms. The highest BCUT2D eigenvalue weighted by Gasteiger charge is 2.23. The number of nitriles is 1. The molecule has 1 fully saturated rings. The van der Waals surface area contributed by atoms with E-state index < -0.39 is 0 Å². The van der Waals surface area contributed by atoms with Gasteiger partial charge in [0.2, 0.25) is 0 Å². The van der Waals surface area contributed by atoms with E-state index in [1.165, 1.54) is 61.6 Å². The SMILES string of the molecule is CCCC(C)C[C@H]1CC[C@H](c2ccc(-c3ccc(C#N)cc3)cc2)CC1. The summed E-state index contributed by atoms with van der Waals surface area (Å²) in [5.41, 5.74) is 4.64. The molecule has 0 amide bonds. The van der Waals surface area contributed by atoms with Crippen molar-refractivity contribution < 1.29 is 0 Å². The zero-order valence-corrected chi connectivity index (χ0v) is 16.2. The third-order valence-electron chi connectivity index (χ3n) is 6.09. The minimum Gasteiger partial charge on any atom is -0.192 e. The maximum absolute atomic E-state index is 8.92. The summed E-state index contributed by atoms with van der Waals surface area (Å²) in [4.78, 5) is 0. The van der Waals surface area contributed by atoms with Gasteiger partial charge in [-0.2, -0.15) is 5.26 Å². The van der Waals surface area contributed by atoms with Crippen LogP contribution in [0.15, 0.2) is 48.5 Å². The average Bonchev–Trinajstić information content (AvgIpc) is 2.69. The molecule has 3 rings (SSSR count). The summed E-state index contributed by atoms with van der Waals surface area (Å²) in [6.07, 6.45) is 9.63. The summed E-state index contributed by atoms with van der Waals surface area (Å²) in [6.45, 7) is 4.73. The summed E-state index contributed by atoms with van der Waals surface area (Å²) in [5, 5.41) is 8.92. The largest absolute Gasteiger partial charge is 0.192 e. The highest BCUT2D eigenvalue weighted by atomic mass is 14.3. The number of nitrogens with zero attached hydrogens (tertiary/aromatic N) is 1. The Morgan fingerprint density at radius 1 is 0.923 bits per heavy atom. The summed E-state index contributed by atoms with van der Waals surface area (Å²) >= 11 is 0. The molecule has 0 N–H and O–H groups in total. The van der Waals surface area contributed by atoms with Gasteiger partial charge >= 0.3 is 0 Å². The van der Waals surface area contributed by atoms with Crippen molar-refractivity contribution in [3.63, 3.8) is 0 Å². The van der Waals surface area contributed by atoms with E-state index in [1.807, 2.05) is 24.3 Å². The minimum absolute atomic E-state index is 0.718. The molecule has 0 spiro atoms. The van der Waals surface area contributed by atoms with Crippen molar-refractivity contribution in [1.29, 1.82) is 5.26 Å². The lowest BCUT2D eigenvalue weighted by molar-refractivity contribution is 0.269. The Morgan fingerprint density at radius 2 is 1.50 bits per heavy atom. The average molecular weight is 346 g/mol. The fraction of sp³-hybridized carbons (Fsp3) is 0.480. The number of hydrogen-bond acceptors (Lipinski definition) is 1. The normalized spacial score (nSPS) is 21.1. The lowest BCUT2D eigenvalue weighted by Crippen LogP contribution is -2.15. The van der Waals surface area contributed by atoms with Crippen LogP contribution >= 0.6 is 0 Å². The van der Waals surface area contributed by atoms with Crippen molar-refractivity contribution in [3.8, 4) is 17.2 Å². The Balaban J connectivity index is 1.57. The van der Waals surface area contributed by atoms with Gasteiger partial charge in [0.15, 0.2) is 0 Å². The molecule has 0 heterocycles. The molecule has 1 nitrogen and oxygen atoms in total. The molecule has 1 saturated carbocycles. The van der Waals surface area contributed by atoms with Crippen LogP contribution in [0.2, 0.25) is 0 Å². The van der Waals surface area contributed by atoms with Crippen LogP contribution in [0, 0.1) is 23.2 Å². The van der Waals surface area contributed by atoms with Crippen molar-refractivity contribution >= 4 is 0 Å². The summed E-state index contributed by atoms with van der Waals surface area (Å²) < 4.78 is 0. The minimum atomic E-state index is 0.718. The Morgan fingerprint density at radius 3 is 2.04 bits per heavy atom. The van der Waals surface area contributed by atoms with Crippen molar-refractivity contribution in [2.45, 2.75) is 64.7 Å². The molecule has 1 aliphatic carbocycles. The van der Waals surface area contributed by atoms with E-state index >= 15 is 0 Å². The van der Waals surface area contributed by atoms with Gasteiger partial charge in [-0.1, -0.05) is 63.1 Å². The number of benzene rings is 2. The third-order valence-corrected chi connectivity index (χ3v) is 6.09. The Bertz CT molecular complexity index is 712. The first-order chi connectivity index (χ1) is 12.7. The van der Waals surface area contributed by atoms with Gasteiger partial charge in [-0.05, 0) is 78.7 Å². The van der Waals surface area contributed by atoms with Crippen LogP contribution in [0.25, 0.3) is 11.1 Å². The van der Waals surface area contributed by atoms with Crippen LogP contribution in [0.3, 0.4) is 0 Å². The van der Waals surface area contributed by atoms with Crippen LogP contribution in [-0.2, 0) is 0 Å². The molecule has 0 aromatic heterocycles. The zero-order chi connectivity index (χ0) is 18.4. The molecule has 1 heteroatoms. The predicted octanol–water partition coefficient (Wildman–Crippen LogP) is 7.33. The summed E-state index contributed by atoms with van der Waals surface area (Å²) in [6, 6.07) is 19.2. The van der Waals surface area contributed by atoms with E-state index in [0.717, 1.165) is 23.3 Å². The van der Waals surface area contributed by atoms with Crippen molar-refractivity contribution in [3.05, 3.63) is 59.7 Å². The molecule has 1 aliphatic rings. The second-order valence-corrected chi connectivity index (χ2v) is 8.16.